The van der Waals surface area contributed by atoms with E-state index in [0.717, 1.165) is 39.2 Å². The third kappa shape index (κ3) is 3.67. The van der Waals surface area contributed by atoms with Crippen molar-refractivity contribution in [1.82, 2.24) is 9.55 Å². The van der Waals surface area contributed by atoms with E-state index < -0.39 is 0 Å². The molecule has 4 rings (SSSR count). The van der Waals surface area contributed by atoms with Crippen LogP contribution in [0.2, 0.25) is 0 Å². The fourth-order valence-corrected chi connectivity index (χ4v) is 3.55. The van der Waals surface area contributed by atoms with Crippen LogP contribution in [-0.4, -0.2) is 15.5 Å². The number of amides is 1. The van der Waals surface area contributed by atoms with Crippen LogP contribution in [0.5, 0.6) is 0 Å². The lowest BCUT2D eigenvalue weighted by Crippen LogP contribution is -2.19. The van der Waals surface area contributed by atoms with Crippen LogP contribution >= 0.6 is 0 Å². The highest BCUT2D eigenvalue weighted by Crippen LogP contribution is 2.25. The molecule has 4 nitrogen and oxygen atoms in total. The first-order valence-electron chi connectivity index (χ1n) is 9.40. The van der Waals surface area contributed by atoms with Crippen molar-refractivity contribution < 1.29 is 4.79 Å². The number of hydrogen-bond acceptors (Lipinski definition) is 2. The third-order valence-electron chi connectivity index (χ3n) is 4.77. The first-order chi connectivity index (χ1) is 13.5. The van der Waals surface area contributed by atoms with E-state index in [1.807, 2.05) is 54.8 Å². The molecule has 0 spiro atoms. The summed E-state index contributed by atoms with van der Waals surface area (Å²) in [6.07, 6.45) is 0. The van der Waals surface area contributed by atoms with Crippen LogP contribution in [0.25, 0.3) is 22.4 Å². The summed E-state index contributed by atoms with van der Waals surface area (Å²) < 4.78 is 1.98. The molecule has 1 N–H and O–H groups in total. The minimum absolute atomic E-state index is 0.0680. The molecule has 1 heterocycles. The van der Waals surface area contributed by atoms with Crippen molar-refractivity contribution in [2.45, 2.75) is 27.3 Å². The number of aromatic nitrogens is 2. The van der Waals surface area contributed by atoms with Crippen LogP contribution < -0.4 is 5.32 Å². The summed E-state index contributed by atoms with van der Waals surface area (Å²) in [7, 11) is 0. The molecule has 0 radical (unpaired) electrons. The highest BCUT2D eigenvalue weighted by Gasteiger charge is 2.15. The summed E-state index contributed by atoms with van der Waals surface area (Å²) in [5.74, 6) is 0.735. The summed E-state index contributed by atoms with van der Waals surface area (Å²) in [6, 6.07) is 22.2. The van der Waals surface area contributed by atoms with E-state index in [4.69, 9.17) is 4.98 Å². The van der Waals surface area contributed by atoms with Crippen molar-refractivity contribution >= 4 is 22.6 Å². The number of anilines is 1. The van der Waals surface area contributed by atoms with Gasteiger partial charge in [-0.3, -0.25) is 4.79 Å². The molecule has 3 aromatic carbocycles. The molecule has 28 heavy (non-hydrogen) atoms. The van der Waals surface area contributed by atoms with Gasteiger partial charge < -0.3 is 9.88 Å². The predicted molar refractivity (Wildman–Crippen MR) is 114 cm³/mol. The Balaban J connectivity index is 1.70. The molecule has 1 amide bonds. The zero-order valence-electron chi connectivity index (χ0n) is 16.4. The van der Waals surface area contributed by atoms with Crippen molar-refractivity contribution in [2.75, 3.05) is 5.32 Å². The van der Waals surface area contributed by atoms with Gasteiger partial charge in [0.05, 0.1) is 11.0 Å². The van der Waals surface area contributed by atoms with Crippen LogP contribution in [0, 0.1) is 20.8 Å². The molecule has 0 aliphatic carbocycles. The number of benzene rings is 3. The standard InChI is InChI=1S/C24H23N3O/c1-16-8-10-19(11-9-16)24-26-21-6-4-5-7-22(21)27(24)15-23(28)25-20-13-17(2)12-18(3)14-20/h4-14H,15H2,1-3H3,(H,25,28). The maximum atomic E-state index is 12.8. The Bertz CT molecular complexity index is 1140. The Morgan fingerprint density at radius 2 is 1.57 bits per heavy atom. The van der Waals surface area contributed by atoms with Gasteiger partial charge in [0.25, 0.3) is 0 Å². The Morgan fingerprint density at radius 1 is 0.893 bits per heavy atom. The van der Waals surface area contributed by atoms with E-state index >= 15 is 0 Å². The largest absolute Gasteiger partial charge is 0.325 e. The highest BCUT2D eigenvalue weighted by atomic mass is 16.1. The van der Waals surface area contributed by atoms with E-state index in [1.54, 1.807) is 0 Å². The van der Waals surface area contributed by atoms with Crippen LogP contribution in [0.4, 0.5) is 5.69 Å². The van der Waals surface area contributed by atoms with E-state index in [9.17, 15) is 4.79 Å². The van der Waals surface area contributed by atoms with E-state index in [2.05, 4.69) is 42.6 Å². The van der Waals surface area contributed by atoms with Crippen molar-refractivity contribution in [3.8, 4) is 11.4 Å². The van der Waals surface area contributed by atoms with Gasteiger partial charge in [0.1, 0.15) is 12.4 Å². The number of carbonyl (C=O) groups is 1. The van der Waals surface area contributed by atoms with Crippen LogP contribution in [0.15, 0.2) is 66.7 Å². The Morgan fingerprint density at radius 3 is 2.29 bits per heavy atom. The van der Waals surface area contributed by atoms with Crippen LogP contribution in [0.3, 0.4) is 0 Å². The van der Waals surface area contributed by atoms with Crippen molar-refractivity contribution in [1.29, 1.82) is 0 Å². The maximum absolute atomic E-state index is 12.8. The lowest BCUT2D eigenvalue weighted by atomic mass is 10.1. The number of para-hydroxylation sites is 2. The maximum Gasteiger partial charge on any atom is 0.244 e. The molecule has 1 aromatic heterocycles. The molecule has 0 unspecified atom stereocenters. The first kappa shape index (κ1) is 18.0. The second kappa shape index (κ2) is 7.31. The normalized spacial score (nSPS) is 11.0. The molecule has 4 heteroatoms. The fraction of sp³-hybridized carbons (Fsp3) is 0.167. The smallest absolute Gasteiger partial charge is 0.244 e. The second-order valence-electron chi connectivity index (χ2n) is 7.30. The van der Waals surface area contributed by atoms with Gasteiger partial charge in [-0.25, -0.2) is 4.98 Å². The number of rotatable bonds is 4. The molecule has 0 atom stereocenters. The molecule has 140 valence electrons. The summed E-state index contributed by atoms with van der Waals surface area (Å²) in [5, 5.41) is 3.03. The van der Waals surface area contributed by atoms with Gasteiger partial charge in [-0.05, 0) is 56.2 Å². The lowest BCUT2D eigenvalue weighted by Gasteiger charge is -2.11. The Kier molecular flexibility index (Phi) is 4.70. The molecule has 0 aliphatic rings. The van der Waals surface area contributed by atoms with E-state index in [0.29, 0.717) is 0 Å². The van der Waals surface area contributed by atoms with Gasteiger partial charge in [0, 0.05) is 11.3 Å². The average molecular weight is 369 g/mol. The third-order valence-corrected chi connectivity index (χ3v) is 4.77. The molecule has 4 aromatic rings. The Hall–Kier alpha value is -3.40. The number of nitrogens with zero attached hydrogens (tertiary/aromatic N) is 2. The number of nitrogens with one attached hydrogen (secondary N) is 1. The SMILES string of the molecule is Cc1ccc(-c2nc3ccccc3n2CC(=O)Nc2cc(C)cc(C)c2)cc1. The average Bonchev–Trinajstić information content (AvgIpc) is 3.00. The number of aryl methyl sites for hydroxylation is 3. The molecular weight excluding hydrogens is 346 g/mol. The van der Waals surface area contributed by atoms with Gasteiger partial charge in [-0.2, -0.15) is 0 Å². The number of fused-ring (bicyclic) bond motifs is 1. The van der Waals surface area contributed by atoms with Gasteiger partial charge in [0.2, 0.25) is 5.91 Å². The molecule has 0 aliphatic heterocycles. The van der Waals surface area contributed by atoms with Crippen molar-refractivity contribution in [3.63, 3.8) is 0 Å². The van der Waals surface area contributed by atoms with Crippen LogP contribution in [0.1, 0.15) is 16.7 Å². The summed E-state index contributed by atoms with van der Waals surface area (Å²) in [4.78, 5) is 17.6. The molecule has 0 bridgehead atoms. The zero-order chi connectivity index (χ0) is 19.7. The number of carbonyl (C=O) groups excluding carboxylic acids is 1. The van der Waals surface area contributed by atoms with E-state index in [-0.39, 0.29) is 12.5 Å². The topological polar surface area (TPSA) is 46.9 Å². The Labute approximate surface area is 164 Å². The van der Waals surface area contributed by atoms with Crippen molar-refractivity contribution in [3.05, 3.63) is 83.4 Å². The van der Waals surface area contributed by atoms with Gasteiger partial charge in [-0.1, -0.05) is 48.0 Å². The molecule has 0 saturated carbocycles. The van der Waals surface area contributed by atoms with Gasteiger partial charge in [-0.15, -0.1) is 0 Å². The van der Waals surface area contributed by atoms with Crippen LogP contribution in [-0.2, 0) is 11.3 Å². The predicted octanol–water partition coefficient (Wildman–Crippen LogP) is 5.27. The molecular formula is C24H23N3O. The molecule has 0 fully saturated rings. The first-order valence-corrected chi connectivity index (χ1v) is 9.40. The zero-order valence-corrected chi connectivity index (χ0v) is 16.4. The van der Waals surface area contributed by atoms with Crippen molar-refractivity contribution in [2.24, 2.45) is 0 Å². The van der Waals surface area contributed by atoms with Gasteiger partial charge >= 0.3 is 0 Å². The highest BCUT2D eigenvalue weighted by molar-refractivity contribution is 5.92. The lowest BCUT2D eigenvalue weighted by molar-refractivity contribution is -0.116. The monoisotopic (exact) mass is 369 g/mol. The minimum Gasteiger partial charge on any atom is -0.325 e. The fourth-order valence-electron chi connectivity index (χ4n) is 3.55. The summed E-state index contributed by atoms with van der Waals surface area (Å²) in [6.45, 7) is 6.32. The quantitative estimate of drug-likeness (QED) is 0.533. The van der Waals surface area contributed by atoms with Gasteiger partial charge in [0.15, 0.2) is 0 Å². The number of hydrogen-bond donors (Lipinski definition) is 1. The second-order valence-corrected chi connectivity index (χ2v) is 7.30. The summed E-state index contributed by atoms with van der Waals surface area (Å²) in [5.41, 5.74) is 7.11. The molecule has 0 saturated heterocycles. The minimum atomic E-state index is -0.0680. The number of imidazole rings is 1. The summed E-state index contributed by atoms with van der Waals surface area (Å²) >= 11 is 0. The van der Waals surface area contributed by atoms with E-state index in [1.165, 1.54) is 5.56 Å².